The Morgan fingerprint density at radius 3 is 2.41 bits per heavy atom. The number of aryl methyl sites for hydroxylation is 1. The highest BCUT2D eigenvalue weighted by molar-refractivity contribution is 14.0. The molecule has 0 radical (unpaired) electrons. The van der Waals surface area contributed by atoms with Crippen LogP contribution in [0.4, 0.5) is 4.39 Å². The summed E-state index contributed by atoms with van der Waals surface area (Å²) in [5, 5.41) is 3.58. The van der Waals surface area contributed by atoms with Gasteiger partial charge in [0.2, 0.25) is 0 Å². The average Bonchev–Trinajstić information content (AvgIpc) is 2.71. The number of hydrogen-bond donors (Lipinski definition) is 1. The number of rotatable bonds is 5. The van der Waals surface area contributed by atoms with E-state index in [1.165, 1.54) is 23.3 Å². The van der Waals surface area contributed by atoms with Crippen LogP contribution < -0.4 is 5.32 Å². The predicted octanol–water partition coefficient (Wildman–Crippen LogP) is 4.51. The third kappa shape index (κ3) is 5.92. The first-order valence-electron chi connectivity index (χ1n) is 9.84. The van der Waals surface area contributed by atoms with Gasteiger partial charge in [-0.05, 0) is 48.6 Å². The molecule has 3 rings (SSSR count). The number of nitrogens with zero attached hydrogens (tertiary/aromatic N) is 2. The monoisotopic (exact) mass is 511 g/mol. The summed E-state index contributed by atoms with van der Waals surface area (Å²) in [6.45, 7) is 5.21. The molecule has 0 spiro atoms. The minimum Gasteiger partial charge on any atom is -0.381 e. The van der Waals surface area contributed by atoms with E-state index in [2.05, 4.69) is 46.4 Å². The van der Waals surface area contributed by atoms with E-state index >= 15 is 0 Å². The molecule has 6 heteroatoms. The van der Waals surface area contributed by atoms with E-state index in [-0.39, 0.29) is 35.2 Å². The second-order valence-corrected chi connectivity index (χ2v) is 7.59. The number of halogens is 2. The number of nitrogens with one attached hydrogen (secondary N) is 1. The second-order valence-electron chi connectivity index (χ2n) is 7.59. The molecule has 0 bridgehead atoms. The maximum absolute atomic E-state index is 13.2. The molecule has 1 aliphatic heterocycles. The zero-order valence-corrected chi connectivity index (χ0v) is 19.8. The molecule has 4 nitrogen and oxygen atoms in total. The molecule has 0 aliphatic carbocycles. The van der Waals surface area contributed by atoms with E-state index in [4.69, 9.17) is 4.74 Å². The summed E-state index contributed by atoms with van der Waals surface area (Å²) < 4.78 is 18.8. The van der Waals surface area contributed by atoms with Gasteiger partial charge >= 0.3 is 0 Å². The van der Waals surface area contributed by atoms with Crippen molar-refractivity contribution in [2.45, 2.75) is 31.7 Å². The Balaban J connectivity index is 0.00000300. The smallest absolute Gasteiger partial charge is 0.193 e. The van der Waals surface area contributed by atoms with E-state index in [0.717, 1.165) is 44.1 Å². The van der Waals surface area contributed by atoms with E-state index < -0.39 is 0 Å². The van der Waals surface area contributed by atoms with Gasteiger partial charge in [0.15, 0.2) is 5.96 Å². The van der Waals surface area contributed by atoms with Crippen LogP contribution in [-0.2, 0) is 16.7 Å². The Kier molecular flexibility index (Phi) is 8.89. The lowest BCUT2D eigenvalue weighted by Gasteiger charge is -2.39. The maximum Gasteiger partial charge on any atom is 0.193 e. The summed E-state index contributed by atoms with van der Waals surface area (Å²) in [4.78, 5) is 6.53. The molecule has 0 atom stereocenters. The van der Waals surface area contributed by atoms with Gasteiger partial charge in [0.25, 0.3) is 0 Å². The number of hydrogen-bond acceptors (Lipinski definition) is 2. The van der Waals surface area contributed by atoms with Crippen molar-refractivity contribution in [1.29, 1.82) is 0 Å². The summed E-state index contributed by atoms with van der Waals surface area (Å²) in [5.41, 5.74) is 3.80. The number of benzene rings is 2. The first-order chi connectivity index (χ1) is 13.5. The van der Waals surface area contributed by atoms with E-state index in [0.29, 0.717) is 6.54 Å². The van der Waals surface area contributed by atoms with Crippen LogP contribution in [0.3, 0.4) is 0 Å². The zero-order chi connectivity index (χ0) is 20.0. The summed E-state index contributed by atoms with van der Waals surface area (Å²) in [5.74, 6) is 0.623. The quantitative estimate of drug-likeness (QED) is 0.365. The molecular formula is C23H31FIN3O. The van der Waals surface area contributed by atoms with E-state index in [1.807, 2.05) is 19.2 Å². The highest BCUT2D eigenvalue weighted by atomic mass is 127. The Bertz CT molecular complexity index is 804. The molecule has 1 aliphatic rings. The standard InChI is InChI=1S/C23H30FN3O.HI/c1-18-6-4-5-7-21(18)23(12-14-28-15-13-23)17-26-22(25-2)27(3)16-19-8-10-20(24)11-9-19;/h4-11H,12-17H2,1-3H3,(H,25,26);1H. The maximum atomic E-state index is 13.2. The lowest BCUT2D eigenvalue weighted by atomic mass is 9.72. The summed E-state index contributed by atoms with van der Waals surface area (Å²) in [6.07, 6.45) is 1.98. The molecule has 1 heterocycles. The Labute approximate surface area is 190 Å². The van der Waals surface area contributed by atoms with Crippen LogP contribution in [0, 0.1) is 12.7 Å². The van der Waals surface area contributed by atoms with Gasteiger partial charge in [0.1, 0.15) is 5.82 Å². The third-order valence-electron chi connectivity index (χ3n) is 5.66. The summed E-state index contributed by atoms with van der Waals surface area (Å²) in [7, 11) is 3.80. The van der Waals surface area contributed by atoms with Crippen LogP contribution in [-0.4, -0.2) is 44.7 Å². The fraction of sp³-hybridized carbons (Fsp3) is 0.435. The van der Waals surface area contributed by atoms with Crippen molar-refractivity contribution < 1.29 is 9.13 Å². The lowest BCUT2D eigenvalue weighted by molar-refractivity contribution is 0.0510. The first-order valence-corrected chi connectivity index (χ1v) is 9.84. The minimum absolute atomic E-state index is 0. The topological polar surface area (TPSA) is 36.9 Å². The minimum atomic E-state index is -0.214. The zero-order valence-electron chi connectivity index (χ0n) is 17.5. The van der Waals surface area contributed by atoms with Crippen LogP contribution in [0.15, 0.2) is 53.5 Å². The van der Waals surface area contributed by atoms with Crippen LogP contribution >= 0.6 is 24.0 Å². The van der Waals surface area contributed by atoms with Crippen LogP contribution in [0.25, 0.3) is 0 Å². The van der Waals surface area contributed by atoms with Gasteiger partial charge < -0.3 is 15.0 Å². The molecule has 2 aromatic rings. The van der Waals surface area contributed by atoms with Crippen molar-refractivity contribution in [3.63, 3.8) is 0 Å². The van der Waals surface area contributed by atoms with Gasteiger partial charge in [-0.1, -0.05) is 36.4 Å². The fourth-order valence-corrected chi connectivity index (χ4v) is 4.04. The van der Waals surface area contributed by atoms with Gasteiger partial charge in [0, 0.05) is 45.8 Å². The van der Waals surface area contributed by atoms with Crippen molar-refractivity contribution in [1.82, 2.24) is 10.2 Å². The normalized spacial score (nSPS) is 16.1. The molecule has 0 amide bonds. The fourth-order valence-electron chi connectivity index (χ4n) is 4.04. The Morgan fingerprint density at radius 2 is 1.79 bits per heavy atom. The van der Waals surface area contributed by atoms with Gasteiger partial charge in [-0.3, -0.25) is 4.99 Å². The summed E-state index contributed by atoms with van der Waals surface area (Å²) in [6, 6.07) is 15.3. The average molecular weight is 511 g/mol. The third-order valence-corrected chi connectivity index (χ3v) is 5.66. The molecule has 0 unspecified atom stereocenters. The molecule has 1 fully saturated rings. The Hall–Kier alpha value is -1.67. The van der Waals surface area contributed by atoms with Gasteiger partial charge in [0.05, 0.1) is 0 Å². The highest BCUT2D eigenvalue weighted by Crippen LogP contribution is 2.36. The molecule has 29 heavy (non-hydrogen) atoms. The van der Waals surface area contributed by atoms with Crippen LogP contribution in [0.1, 0.15) is 29.5 Å². The number of aliphatic imine (C=N–C) groups is 1. The van der Waals surface area contributed by atoms with Crippen molar-refractivity contribution in [2.75, 3.05) is 33.9 Å². The summed E-state index contributed by atoms with van der Waals surface area (Å²) >= 11 is 0. The molecular weight excluding hydrogens is 480 g/mol. The predicted molar refractivity (Wildman–Crippen MR) is 128 cm³/mol. The molecule has 158 valence electrons. The molecule has 1 N–H and O–H groups in total. The molecule has 1 saturated heterocycles. The van der Waals surface area contributed by atoms with E-state index in [9.17, 15) is 4.39 Å². The van der Waals surface area contributed by atoms with Gasteiger partial charge in [-0.25, -0.2) is 4.39 Å². The molecule has 0 saturated carbocycles. The van der Waals surface area contributed by atoms with Gasteiger partial charge in [-0.15, -0.1) is 24.0 Å². The van der Waals surface area contributed by atoms with Crippen molar-refractivity contribution in [3.05, 3.63) is 71.0 Å². The largest absolute Gasteiger partial charge is 0.381 e. The van der Waals surface area contributed by atoms with Crippen molar-refractivity contribution in [2.24, 2.45) is 4.99 Å². The van der Waals surface area contributed by atoms with Crippen LogP contribution in [0.5, 0.6) is 0 Å². The van der Waals surface area contributed by atoms with Crippen LogP contribution in [0.2, 0.25) is 0 Å². The molecule has 0 aromatic heterocycles. The highest BCUT2D eigenvalue weighted by Gasteiger charge is 2.35. The van der Waals surface area contributed by atoms with Crippen molar-refractivity contribution in [3.8, 4) is 0 Å². The Morgan fingerprint density at radius 1 is 1.14 bits per heavy atom. The second kappa shape index (κ2) is 10.9. The molecule has 2 aromatic carbocycles. The van der Waals surface area contributed by atoms with Gasteiger partial charge in [-0.2, -0.15) is 0 Å². The SMILES string of the molecule is CN=C(NCC1(c2ccccc2C)CCOCC1)N(C)Cc1ccc(F)cc1.I. The number of ether oxygens (including phenoxy) is 1. The lowest BCUT2D eigenvalue weighted by Crippen LogP contribution is -2.48. The van der Waals surface area contributed by atoms with E-state index in [1.54, 1.807) is 7.05 Å². The number of guanidine groups is 1. The first kappa shape index (κ1) is 23.6. The van der Waals surface area contributed by atoms with Crippen molar-refractivity contribution >= 4 is 29.9 Å².